The van der Waals surface area contributed by atoms with Crippen LogP contribution >= 0.6 is 0 Å². The van der Waals surface area contributed by atoms with Crippen molar-refractivity contribution in [2.24, 2.45) is 5.73 Å². The molecule has 0 spiro atoms. The Balaban J connectivity index is 1.56. The first kappa shape index (κ1) is 20.5. The fourth-order valence-electron chi connectivity index (χ4n) is 3.41. The van der Waals surface area contributed by atoms with E-state index in [0.29, 0.717) is 6.54 Å². The summed E-state index contributed by atoms with van der Waals surface area (Å²) in [7, 11) is 0. The van der Waals surface area contributed by atoms with Gasteiger partial charge in [-0.1, -0.05) is 60.7 Å². The van der Waals surface area contributed by atoms with Crippen LogP contribution in [0.4, 0.5) is 0 Å². The highest BCUT2D eigenvalue weighted by Crippen LogP contribution is 2.24. The van der Waals surface area contributed by atoms with Gasteiger partial charge < -0.3 is 26.4 Å². The Morgan fingerprint density at radius 2 is 1.76 bits per heavy atom. The predicted octanol–water partition coefficient (Wildman–Crippen LogP) is 2.21. The van der Waals surface area contributed by atoms with Crippen LogP contribution in [0.2, 0.25) is 0 Å². The minimum atomic E-state index is -0.980. The molecule has 3 rings (SSSR count). The molecule has 0 aliphatic carbocycles. The highest BCUT2D eigenvalue weighted by molar-refractivity contribution is 5.88. The van der Waals surface area contributed by atoms with Gasteiger partial charge in [0.1, 0.15) is 0 Å². The molecule has 1 aliphatic rings. The zero-order valence-electron chi connectivity index (χ0n) is 16.4. The number of amides is 1. The molecular weight excluding hydrogens is 364 g/mol. The van der Waals surface area contributed by atoms with Crippen molar-refractivity contribution >= 4 is 5.91 Å². The summed E-state index contributed by atoms with van der Waals surface area (Å²) in [6, 6.07) is 20.8. The number of hydrogen-bond acceptors (Lipinski definition) is 5. The molecule has 6 nitrogen and oxygen atoms in total. The molecule has 0 bridgehead atoms. The van der Waals surface area contributed by atoms with E-state index in [1.807, 2.05) is 12.1 Å². The van der Waals surface area contributed by atoms with Crippen LogP contribution in [0.15, 0.2) is 84.8 Å². The molecule has 1 aliphatic heterocycles. The van der Waals surface area contributed by atoms with E-state index in [1.54, 1.807) is 17.3 Å². The van der Waals surface area contributed by atoms with Crippen LogP contribution < -0.4 is 16.4 Å². The number of allylic oxidation sites excluding steroid dienone is 1. The van der Waals surface area contributed by atoms with Gasteiger partial charge in [0.05, 0.1) is 0 Å². The number of aliphatic hydroxyl groups excluding tert-OH is 1. The molecule has 0 saturated heterocycles. The molecule has 29 heavy (non-hydrogen) atoms. The number of hydrogen-bond donors (Lipinski definition) is 4. The molecule has 6 heteroatoms. The second-order valence-electron chi connectivity index (χ2n) is 6.99. The average molecular weight is 393 g/mol. The van der Waals surface area contributed by atoms with Gasteiger partial charge in [0.25, 0.3) is 0 Å². The highest BCUT2D eigenvalue weighted by Gasteiger charge is 2.18. The first-order valence-corrected chi connectivity index (χ1v) is 9.84. The number of nitrogens with one attached hydrogen (secondary N) is 2. The lowest BCUT2D eigenvalue weighted by Crippen LogP contribution is -2.48. The van der Waals surface area contributed by atoms with Crippen LogP contribution in [0.3, 0.4) is 0 Å². The summed E-state index contributed by atoms with van der Waals surface area (Å²) in [6.45, 7) is 1.34. The Labute approximate surface area is 171 Å². The monoisotopic (exact) mass is 392 g/mol. The molecule has 152 valence electrons. The number of rotatable bonds is 9. The predicted molar refractivity (Wildman–Crippen MR) is 114 cm³/mol. The minimum absolute atomic E-state index is 0.217. The van der Waals surface area contributed by atoms with Crippen molar-refractivity contribution in [1.82, 2.24) is 15.5 Å². The Kier molecular flexibility index (Phi) is 7.30. The fraction of sp³-hybridized carbons (Fsp3) is 0.261. The smallest absolute Gasteiger partial charge is 0.248 e. The van der Waals surface area contributed by atoms with Crippen LogP contribution in [-0.4, -0.2) is 35.4 Å². The van der Waals surface area contributed by atoms with Gasteiger partial charge in [-0.15, -0.1) is 0 Å². The zero-order valence-corrected chi connectivity index (χ0v) is 16.4. The van der Waals surface area contributed by atoms with Crippen LogP contribution in [0, 0.1) is 0 Å². The highest BCUT2D eigenvalue weighted by atomic mass is 16.3. The maximum absolute atomic E-state index is 11.2. The van der Waals surface area contributed by atoms with Crippen LogP contribution in [0.1, 0.15) is 29.9 Å². The third-order valence-corrected chi connectivity index (χ3v) is 5.00. The maximum Gasteiger partial charge on any atom is 0.248 e. The minimum Gasteiger partial charge on any atom is -0.403 e. The van der Waals surface area contributed by atoms with Crippen molar-refractivity contribution in [3.8, 4) is 0 Å². The number of benzene rings is 2. The van der Waals surface area contributed by atoms with E-state index in [-0.39, 0.29) is 11.8 Å². The number of nitrogens with two attached hydrogens (primary N) is 1. The van der Waals surface area contributed by atoms with Crippen LogP contribution in [0.25, 0.3) is 0 Å². The fourth-order valence-corrected chi connectivity index (χ4v) is 3.41. The molecule has 5 N–H and O–H groups in total. The van der Waals surface area contributed by atoms with Crippen molar-refractivity contribution in [3.63, 3.8) is 0 Å². The van der Waals surface area contributed by atoms with E-state index < -0.39 is 6.35 Å². The van der Waals surface area contributed by atoms with Gasteiger partial charge in [-0.25, -0.2) is 0 Å². The summed E-state index contributed by atoms with van der Waals surface area (Å²) in [4.78, 5) is 12.9. The SMILES string of the molecule is N/C=C(/CCCN1C=CC(=O)NC1O)NCC(c1ccccc1)c1ccccc1. The molecule has 0 saturated carbocycles. The molecule has 2 aromatic rings. The second-order valence-corrected chi connectivity index (χ2v) is 6.99. The molecule has 1 atom stereocenters. The third kappa shape index (κ3) is 5.86. The summed E-state index contributed by atoms with van der Waals surface area (Å²) >= 11 is 0. The second kappa shape index (κ2) is 10.3. The lowest BCUT2D eigenvalue weighted by Gasteiger charge is -2.29. The molecule has 0 radical (unpaired) electrons. The van der Waals surface area contributed by atoms with Crippen molar-refractivity contribution in [2.45, 2.75) is 25.1 Å². The maximum atomic E-state index is 11.2. The van der Waals surface area contributed by atoms with Crippen molar-refractivity contribution in [3.05, 3.63) is 96.0 Å². The van der Waals surface area contributed by atoms with Gasteiger partial charge in [-0.3, -0.25) is 4.79 Å². The normalized spacial score (nSPS) is 16.8. The molecule has 1 unspecified atom stereocenters. The molecule has 0 aromatic heterocycles. The van der Waals surface area contributed by atoms with Gasteiger partial charge in [0, 0.05) is 43.2 Å². The first-order valence-electron chi connectivity index (χ1n) is 9.84. The topological polar surface area (TPSA) is 90.6 Å². The standard InChI is InChI=1S/C23H28N4O2/c24-16-20(12-7-14-27-15-13-22(28)26-23(27)29)25-17-21(18-8-3-1-4-9-18)19-10-5-2-6-11-19/h1-6,8-11,13,15-16,21,23,25,29H,7,12,14,17,24H2,(H,26,28)/b20-16-. The number of carbonyl (C=O) groups excluding carboxylic acids is 1. The molecule has 1 heterocycles. The van der Waals surface area contributed by atoms with E-state index >= 15 is 0 Å². The summed E-state index contributed by atoms with van der Waals surface area (Å²) in [5, 5.41) is 15.8. The number of carbonyl (C=O) groups is 1. The Morgan fingerprint density at radius 3 is 2.31 bits per heavy atom. The van der Waals surface area contributed by atoms with E-state index in [4.69, 9.17) is 5.73 Å². The summed E-state index contributed by atoms with van der Waals surface area (Å²) in [6.07, 6.45) is 5.19. The van der Waals surface area contributed by atoms with Crippen LogP contribution in [-0.2, 0) is 4.79 Å². The van der Waals surface area contributed by atoms with Crippen LogP contribution in [0.5, 0.6) is 0 Å². The van der Waals surface area contributed by atoms with E-state index in [9.17, 15) is 9.90 Å². The average Bonchev–Trinajstić information content (AvgIpc) is 2.75. The van der Waals surface area contributed by atoms with Gasteiger partial charge >= 0.3 is 0 Å². The summed E-state index contributed by atoms with van der Waals surface area (Å²) in [5.74, 6) is -0.0692. The van der Waals surface area contributed by atoms with E-state index in [1.165, 1.54) is 17.2 Å². The van der Waals surface area contributed by atoms with Gasteiger partial charge in [0.15, 0.2) is 0 Å². The van der Waals surface area contributed by atoms with Crippen molar-refractivity contribution in [2.75, 3.05) is 13.1 Å². The van der Waals surface area contributed by atoms with Crippen molar-refractivity contribution in [1.29, 1.82) is 0 Å². The Morgan fingerprint density at radius 1 is 1.14 bits per heavy atom. The first-order chi connectivity index (χ1) is 14.2. The van der Waals surface area contributed by atoms with E-state index in [0.717, 1.165) is 25.1 Å². The molecule has 2 aromatic carbocycles. The van der Waals surface area contributed by atoms with Gasteiger partial charge in [-0.2, -0.15) is 0 Å². The third-order valence-electron chi connectivity index (χ3n) is 5.00. The number of nitrogens with zero attached hydrogens (tertiary/aromatic N) is 1. The van der Waals surface area contributed by atoms with Gasteiger partial charge in [-0.05, 0) is 24.0 Å². The Bertz CT molecular complexity index is 797. The van der Waals surface area contributed by atoms with Gasteiger partial charge in [0.2, 0.25) is 12.3 Å². The summed E-state index contributed by atoms with van der Waals surface area (Å²) in [5.41, 5.74) is 9.30. The van der Waals surface area contributed by atoms with Crippen molar-refractivity contribution < 1.29 is 9.90 Å². The molecular formula is C23H28N4O2. The number of aliphatic hydroxyl groups is 1. The summed E-state index contributed by atoms with van der Waals surface area (Å²) < 4.78 is 0. The van der Waals surface area contributed by atoms with E-state index in [2.05, 4.69) is 59.2 Å². The largest absolute Gasteiger partial charge is 0.403 e. The molecule has 0 fully saturated rings. The lowest BCUT2D eigenvalue weighted by atomic mass is 9.91. The lowest BCUT2D eigenvalue weighted by molar-refractivity contribution is -0.124. The quantitative estimate of drug-likeness (QED) is 0.525. The molecule has 1 amide bonds. The zero-order chi connectivity index (χ0) is 20.5. The Hall–Kier alpha value is -3.25.